The first-order valence-corrected chi connectivity index (χ1v) is 12.5. The van der Waals surface area contributed by atoms with Crippen LogP contribution < -0.4 is 0 Å². The maximum absolute atomic E-state index is 14.6. The lowest BCUT2D eigenvalue weighted by atomic mass is 9.86. The fourth-order valence-corrected chi connectivity index (χ4v) is 5.63. The van der Waals surface area contributed by atoms with Gasteiger partial charge in [0.25, 0.3) is 0 Å². The van der Waals surface area contributed by atoms with Crippen LogP contribution in [0.15, 0.2) is 41.1 Å². The number of aryl methyl sites for hydroxylation is 2. The summed E-state index contributed by atoms with van der Waals surface area (Å²) < 4.78 is 29.9. The van der Waals surface area contributed by atoms with E-state index in [9.17, 15) is 9.50 Å². The summed E-state index contributed by atoms with van der Waals surface area (Å²) in [5.41, 5.74) is 5.05. The van der Waals surface area contributed by atoms with Crippen molar-refractivity contribution < 1.29 is 18.8 Å². The number of hydrogen-bond acceptors (Lipinski definition) is 7. The highest BCUT2D eigenvalue weighted by Gasteiger charge is 2.36. The second-order valence-electron chi connectivity index (χ2n) is 10.3. The van der Waals surface area contributed by atoms with E-state index < -0.39 is 5.60 Å². The molecule has 6 rings (SSSR count). The molecular weight excluding hydrogens is 475 g/mol. The summed E-state index contributed by atoms with van der Waals surface area (Å²) in [6.45, 7) is 6.53. The quantitative estimate of drug-likeness (QED) is 0.371. The highest BCUT2D eigenvalue weighted by molar-refractivity contribution is 6.04. The summed E-state index contributed by atoms with van der Waals surface area (Å²) in [7, 11) is 1.85. The lowest BCUT2D eigenvalue weighted by Gasteiger charge is -2.33. The van der Waals surface area contributed by atoms with Crippen LogP contribution in [0, 0.1) is 18.7 Å². The third-order valence-corrected chi connectivity index (χ3v) is 7.28. The summed E-state index contributed by atoms with van der Waals surface area (Å²) in [6.07, 6.45) is 3.39. The molecule has 9 nitrogen and oxygen atoms in total. The van der Waals surface area contributed by atoms with E-state index in [0.717, 1.165) is 40.9 Å². The average molecular weight is 505 g/mol. The van der Waals surface area contributed by atoms with Crippen LogP contribution in [-0.4, -0.2) is 48.0 Å². The molecule has 5 heterocycles. The van der Waals surface area contributed by atoms with Gasteiger partial charge in [0.05, 0.1) is 22.9 Å². The maximum atomic E-state index is 14.6. The number of nitrogens with zero attached hydrogens (tertiary/aromatic N) is 6. The molecule has 5 aromatic rings. The number of pyridine rings is 1. The molecule has 192 valence electrons. The molecule has 1 N–H and O–H groups in total. The van der Waals surface area contributed by atoms with Gasteiger partial charge in [0.2, 0.25) is 5.58 Å². The fourth-order valence-electron chi connectivity index (χ4n) is 5.63. The molecule has 1 unspecified atom stereocenters. The van der Waals surface area contributed by atoms with Crippen LogP contribution in [0.5, 0.6) is 0 Å². The van der Waals surface area contributed by atoms with Crippen LogP contribution in [0.4, 0.5) is 4.39 Å². The average Bonchev–Trinajstić information content (AvgIpc) is 3.53. The molecule has 0 radical (unpaired) electrons. The molecule has 1 atom stereocenters. The van der Waals surface area contributed by atoms with Gasteiger partial charge in [-0.1, -0.05) is 22.5 Å². The first-order chi connectivity index (χ1) is 17.7. The maximum Gasteiger partial charge on any atom is 0.211 e. The van der Waals surface area contributed by atoms with Crippen molar-refractivity contribution in [1.82, 2.24) is 29.7 Å². The summed E-state index contributed by atoms with van der Waals surface area (Å²) in [5.74, 6) is -0.145. The first kappa shape index (κ1) is 23.7. The van der Waals surface area contributed by atoms with Crippen molar-refractivity contribution in [3.05, 3.63) is 59.3 Å². The van der Waals surface area contributed by atoms with E-state index >= 15 is 0 Å². The molecule has 1 aliphatic rings. The monoisotopic (exact) mass is 504 g/mol. The Labute approximate surface area is 212 Å². The number of hydrogen-bond donors (Lipinski definition) is 1. The van der Waals surface area contributed by atoms with Crippen LogP contribution in [0.3, 0.4) is 0 Å². The second kappa shape index (κ2) is 8.74. The molecule has 1 aliphatic heterocycles. The van der Waals surface area contributed by atoms with Crippen molar-refractivity contribution in [3.8, 4) is 11.3 Å². The number of fused-ring (bicyclic) bond motifs is 3. The van der Waals surface area contributed by atoms with E-state index in [1.165, 1.54) is 6.07 Å². The van der Waals surface area contributed by atoms with E-state index in [2.05, 4.69) is 20.0 Å². The largest absolute Gasteiger partial charge is 0.384 e. The van der Waals surface area contributed by atoms with Gasteiger partial charge in [-0.05, 0) is 63.3 Å². The first-order valence-electron chi connectivity index (χ1n) is 12.5. The van der Waals surface area contributed by atoms with Crippen molar-refractivity contribution in [1.29, 1.82) is 0 Å². The van der Waals surface area contributed by atoms with E-state index in [4.69, 9.17) is 14.2 Å². The lowest BCUT2D eigenvalue weighted by Crippen LogP contribution is -2.28. The summed E-state index contributed by atoms with van der Waals surface area (Å²) >= 11 is 0. The number of halogens is 1. The Morgan fingerprint density at radius 1 is 1.19 bits per heavy atom. The molecule has 4 aromatic heterocycles. The fraction of sp³-hybridized carbons (Fsp3) is 0.407. The Bertz CT molecular complexity index is 1590. The van der Waals surface area contributed by atoms with Gasteiger partial charge >= 0.3 is 0 Å². The molecule has 10 heteroatoms. The summed E-state index contributed by atoms with van der Waals surface area (Å²) in [4.78, 5) is 4.80. The van der Waals surface area contributed by atoms with Crippen molar-refractivity contribution in [3.63, 3.8) is 0 Å². The van der Waals surface area contributed by atoms with Crippen LogP contribution in [0.2, 0.25) is 0 Å². The standard InChI is InChI=1S/C27H29FN6O3/c1-15-22(33(4)32-30-15)18-13-20-21(29-14-18)25-24(26(31-37-25)27(2,3)35)34(20)23(16-8-10-36-11-9-16)17-6-5-7-19(28)12-17/h5-7,12-14,16,23,35H,8-11H2,1-4H3. The SMILES string of the molecule is Cc1nnn(C)c1-c1cnc2c3onc(C(C)(C)O)c3n(C(c3cccc(F)c3)C3CCOCC3)c2c1. The number of ether oxygens (including phenoxy) is 1. The van der Waals surface area contributed by atoms with E-state index in [0.29, 0.717) is 35.5 Å². The summed E-state index contributed by atoms with van der Waals surface area (Å²) in [5, 5.41) is 23.7. The molecule has 0 aliphatic carbocycles. The van der Waals surface area contributed by atoms with Gasteiger partial charge in [-0.15, -0.1) is 5.10 Å². The molecule has 0 spiro atoms. The lowest BCUT2D eigenvalue weighted by molar-refractivity contribution is 0.0546. The molecule has 37 heavy (non-hydrogen) atoms. The molecule has 0 amide bonds. The normalized spacial score (nSPS) is 16.2. The van der Waals surface area contributed by atoms with Gasteiger partial charge in [-0.2, -0.15) is 0 Å². The van der Waals surface area contributed by atoms with Crippen LogP contribution in [-0.2, 0) is 17.4 Å². The van der Waals surface area contributed by atoms with Gasteiger partial charge in [-0.3, -0.25) is 0 Å². The molecular formula is C27H29FN6O3. The van der Waals surface area contributed by atoms with Crippen molar-refractivity contribution in [2.75, 3.05) is 13.2 Å². The third-order valence-electron chi connectivity index (χ3n) is 7.28. The molecule has 1 aromatic carbocycles. The second-order valence-corrected chi connectivity index (χ2v) is 10.3. The number of benzene rings is 1. The highest BCUT2D eigenvalue weighted by atomic mass is 19.1. The molecule has 0 saturated carbocycles. The Morgan fingerprint density at radius 2 is 1.97 bits per heavy atom. The zero-order chi connectivity index (χ0) is 25.9. The van der Waals surface area contributed by atoms with E-state index in [1.807, 2.05) is 26.1 Å². The van der Waals surface area contributed by atoms with Gasteiger partial charge in [0, 0.05) is 32.0 Å². The van der Waals surface area contributed by atoms with Crippen molar-refractivity contribution >= 4 is 22.1 Å². The zero-order valence-electron chi connectivity index (χ0n) is 21.3. The van der Waals surface area contributed by atoms with Gasteiger partial charge in [0.1, 0.15) is 28.1 Å². The number of aliphatic hydroxyl groups is 1. The number of rotatable bonds is 5. The number of aromatic nitrogens is 6. The zero-order valence-corrected chi connectivity index (χ0v) is 21.3. The van der Waals surface area contributed by atoms with Gasteiger partial charge in [0.15, 0.2) is 0 Å². The summed E-state index contributed by atoms with van der Waals surface area (Å²) in [6, 6.07) is 8.50. The van der Waals surface area contributed by atoms with Crippen LogP contribution >= 0.6 is 0 Å². The highest BCUT2D eigenvalue weighted by Crippen LogP contribution is 2.43. The molecule has 1 fully saturated rings. The topological polar surface area (TPSA) is 104 Å². The van der Waals surface area contributed by atoms with E-state index in [1.54, 1.807) is 36.9 Å². The smallest absolute Gasteiger partial charge is 0.211 e. The van der Waals surface area contributed by atoms with Gasteiger partial charge < -0.3 is 18.9 Å². The van der Waals surface area contributed by atoms with Crippen LogP contribution in [0.1, 0.15) is 49.7 Å². The van der Waals surface area contributed by atoms with Gasteiger partial charge in [-0.25, -0.2) is 14.1 Å². The minimum absolute atomic E-state index is 0.155. The minimum Gasteiger partial charge on any atom is -0.384 e. The molecule has 1 saturated heterocycles. The third kappa shape index (κ3) is 3.91. The predicted octanol–water partition coefficient (Wildman–Crippen LogP) is 4.66. The molecule has 0 bridgehead atoms. The Kier molecular flexibility index (Phi) is 5.61. The Balaban J connectivity index is 1.71. The Morgan fingerprint density at radius 3 is 2.65 bits per heavy atom. The Hall–Kier alpha value is -3.63. The van der Waals surface area contributed by atoms with Crippen LogP contribution in [0.25, 0.3) is 33.4 Å². The van der Waals surface area contributed by atoms with E-state index in [-0.39, 0.29) is 17.8 Å². The minimum atomic E-state index is -1.27. The predicted molar refractivity (Wildman–Crippen MR) is 135 cm³/mol. The van der Waals surface area contributed by atoms with Crippen molar-refractivity contribution in [2.45, 2.75) is 45.3 Å². The van der Waals surface area contributed by atoms with Crippen molar-refractivity contribution in [2.24, 2.45) is 13.0 Å².